The van der Waals surface area contributed by atoms with Gasteiger partial charge in [0, 0.05) is 0 Å². The molecule has 0 aliphatic rings. The Morgan fingerprint density at radius 3 is 2.29 bits per heavy atom. The molecule has 0 rings (SSSR count). The third-order valence-electron chi connectivity index (χ3n) is 2.42. The SMILES string of the molecule is CCCCCCC(C)CCS(=O)(=O)O. The molecule has 1 unspecified atom stereocenters. The van der Waals surface area contributed by atoms with Gasteiger partial charge in [0.05, 0.1) is 5.75 Å². The van der Waals surface area contributed by atoms with E-state index >= 15 is 0 Å². The molecule has 0 amide bonds. The molecule has 0 saturated heterocycles. The third-order valence-corrected chi connectivity index (χ3v) is 3.17. The molecule has 0 aliphatic carbocycles. The van der Waals surface area contributed by atoms with Crippen LogP contribution in [0.25, 0.3) is 0 Å². The molecule has 1 N–H and O–H groups in total. The molecule has 0 aromatic carbocycles. The summed E-state index contributed by atoms with van der Waals surface area (Å²) < 4.78 is 29.5. The first-order chi connectivity index (χ1) is 6.45. The van der Waals surface area contributed by atoms with E-state index in [4.69, 9.17) is 4.55 Å². The molecule has 86 valence electrons. The maximum Gasteiger partial charge on any atom is 0.264 e. The lowest BCUT2D eigenvalue weighted by atomic mass is 10.0. The van der Waals surface area contributed by atoms with Gasteiger partial charge in [-0.2, -0.15) is 8.42 Å². The molecule has 0 bridgehead atoms. The summed E-state index contributed by atoms with van der Waals surface area (Å²) in [7, 11) is -3.75. The highest BCUT2D eigenvalue weighted by atomic mass is 32.2. The zero-order valence-corrected chi connectivity index (χ0v) is 10.0. The van der Waals surface area contributed by atoms with Crippen LogP contribution in [0.3, 0.4) is 0 Å². The van der Waals surface area contributed by atoms with Crippen molar-refractivity contribution in [2.24, 2.45) is 5.92 Å². The largest absolute Gasteiger partial charge is 0.286 e. The van der Waals surface area contributed by atoms with Crippen LogP contribution in [0.2, 0.25) is 0 Å². The number of rotatable bonds is 8. The molecule has 0 aromatic heterocycles. The van der Waals surface area contributed by atoms with Crippen LogP contribution in [0.4, 0.5) is 0 Å². The van der Waals surface area contributed by atoms with Gasteiger partial charge in [0.2, 0.25) is 0 Å². The van der Waals surface area contributed by atoms with Crippen LogP contribution >= 0.6 is 0 Å². The first-order valence-electron chi connectivity index (χ1n) is 5.41. The van der Waals surface area contributed by atoms with Crippen LogP contribution in [0.5, 0.6) is 0 Å². The molecule has 0 heterocycles. The van der Waals surface area contributed by atoms with E-state index in [0.29, 0.717) is 12.3 Å². The van der Waals surface area contributed by atoms with Crippen LogP contribution in [0, 0.1) is 5.92 Å². The van der Waals surface area contributed by atoms with Gasteiger partial charge in [0.15, 0.2) is 0 Å². The lowest BCUT2D eigenvalue weighted by molar-refractivity contribution is 0.450. The molecule has 14 heavy (non-hydrogen) atoms. The van der Waals surface area contributed by atoms with Gasteiger partial charge < -0.3 is 0 Å². The summed E-state index contributed by atoms with van der Waals surface area (Å²) in [4.78, 5) is 0. The molecule has 0 spiro atoms. The van der Waals surface area contributed by atoms with Gasteiger partial charge in [-0.15, -0.1) is 0 Å². The molecule has 0 aromatic rings. The van der Waals surface area contributed by atoms with Crippen molar-refractivity contribution in [3.8, 4) is 0 Å². The Morgan fingerprint density at radius 2 is 1.79 bits per heavy atom. The Bertz CT molecular complexity index is 222. The number of hydrogen-bond acceptors (Lipinski definition) is 2. The maximum absolute atomic E-state index is 10.5. The van der Waals surface area contributed by atoms with E-state index in [1.165, 1.54) is 25.7 Å². The average Bonchev–Trinajstić information content (AvgIpc) is 2.08. The Hall–Kier alpha value is -0.0900. The van der Waals surface area contributed by atoms with E-state index in [9.17, 15) is 8.42 Å². The van der Waals surface area contributed by atoms with Gasteiger partial charge in [0.1, 0.15) is 0 Å². The second kappa shape index (κ2) is 7.23. The first-order valence-corrected chi connectivity index (χ1v) is 7.01. The smallest absolute Gasteiger partial charge is 0.264 e. The monoisotopic (exact) mass is 222 g/mol. The first kappa shape index (κ1) is 13.9. The van der Waals surface area contributed by atoms with Gasteiger partial charge in [-0.3, -0.25) is 4.55 Å². The Morgan fingerprint density at radius 1 is 1.14 bits per heavy atom. The van der Waals surface area contributed by atoms with Crippen LogP contribution in [-0.2, 0) is 10.1 Å². The minimum Gasteiger partial charge on any atom is -0.286 e. The van der Waals surface area contributed by atoms with Gasteiger partial charge in [-0.05, 0) is 12.3 Å². The normalized spacial score (nSPS) is 14.2. The second-order valence-corrected chi connectivity index (χ2v) is 5.60. The van der Waals surface area contributed by atoms with Crippen LogP contribution < -0.4 is 0 Å². The standard InChI is InChI=1S/C10H22O3S/c1-3-4-5-6-7-10(2)8-9-14(11,12)13/h10H,3-9H2,1-2H3,(H,11,12,13). The minimum absolute atomic E-state index is 0.0953. The lowest BCUT2D eigenvalue weighted by Gasteiger charge is -2.09. The van der Waals surface area contributed by atoms with E-state index in [2.05, 4.69) is 6.92 Å². The molecule has 0 fully saturated rings. The van der Waals surface area contributed by atoms with Crippen molar-refractivity contribution in [2.45, 2.75) is 52.4 Å². The lowest BCUT2D eigenvalue weighted by Crippen LogP contribution is -2.08. The fourth-order valence-electron chi connectivity index (χ4n) is 1.41. The van der Waals surface area contributed by atoms with Gasteiger partial charge in [0.25, 0.3) is 10.1 Å². The molecular weight excluding hydrogens is 200 g/mol. The van der Waals surface area contributed by atoms with Crippen LogP contribution in [-0.4, -0.2) is 18.7 Å². The van der Waals surface area contributed by atoms with Gasteiger partial charge in [-0.25, -0.2) is 0 Å². The zero-order valence-electron chi connectivity index (χ0n) is 9.20. The molecule has 0 aliphatic heterocycles. The summed E-state index contributed by atoms with van der Waals surface area (Å²) in [5, 5.41) is 0. The topological polar surface area (TPSA) is 54.4 Å². The maximum atomic E-state index is 10.5. The fourth-order valence-corrected chi connectivity index (χ4v) is 2.11. The second-order valence-electron chi connectivity index (χ2n) is 4.03. The van der Waals surface area contributed by atoms with E-state index in [1.54, 1.807) is 0 Å². The number of unbranched alkanes of at least 4 members (excludes halogenated alkanes) is 3. The van der Waals surface area contributed by atoms with Crippen molar-refractivity contribution >= 4 is 10.1 Å². The zero-order chi connectivity index (χ0) is 11.0. The van der Waals surface area contributed by atoms with E-state index < -0.39 is 10.1 Å². The third kappa shape index (κ3) is 9.99. The van der Waals surface area contributed by atoms with Gasteiger partial charge >= 0.3 is 0 Å². The molecule has 3 nitrogen and oxygen atoms in total. The van der Waals surface area contributed by atoms with Crippen molar-refractivity contribution < 1.29 is 13.0 Å². The fraction of sp³-hybridized carbons (Fsp3) is 1.00. The summed E-state index contributed by atoms with van der Waals surface area (Å²) in [5.74, 6) is 0.302. The highest BCUT2D eigenvalue weighted by Gasteiger charge is 2.08. The van der Waals surface area contributed by atoms with Crippen molar-refractivity contribution in [3.05, 3.63) is 0 Å². The Balaban J connectivity index is 3.42. The van der Waals surface area contributed by atoms with Crippen molar-refractivity contribution in [3.63, 3.8) is 0 Å². The summed E-state index contributed by atoms with van der Waals surface area (Å²) in [6.45, 7) is 4.21. The summed E-state index contributed by atoms with van der Waals surface area (Å²) in [6, 6.07) is 0. The molecule has 1 atom stereocenters. The highest BCUT2D eigenvalue weighted by molar-refractivity contribution is 7.85. The predicted octanol–water partition coefficient (Wildman–Crippen LogP) is 2.87. The highest BCUT2D eigenvalue weighted by Crippen LogP contribution is 2.14. The van der Waals surface area contributed by atoms with E-state index in [1.807, 2.05) is 6.92 Å². The molecular formula is C10H22O3S. The van der Waals surface area contributed by atoms with E-state index in [0.717, 1.165) is 6.42 Å². The summed E-state index contributed by atoms with van der Waals surface area (Å²) in [5.41, 5.74) is 0. The molecule has 4 heteroatoms. The predicted molar refractivity (Wildman–Crippen MR) is 59.0 cm³/mol. The quantitative estimate of drug-likeness (QED) is 0.507. The van der Waals surface area contributed by atoms with E-state index in [-0.39, 0.29) is 5.75 Å². The summed E-state index contributed by atoms with van der Waals surface area (Å²) >= 11 is 0. The molecule has 0 saturated carbocycles. The van der Waals surface area contributed by atoms with Crippen molar-refractivity contribution in [2.75, 3.05) is 5.75 Å². The number of hydrogen-bond donors (Lipinski definition) is 1. The van der Waals surface area contributed by atoms with Crippen molar-refractivity contribution in [1.82, 2.24) is 0 Å². The Labute approximate surface area is 87.7 Å². The minimum atomic E-state index is -3.75. The van der Waals surface area contributed by atoms with Crippen LogP contribution in [0.15, 0.2) is 0 Å². The molecule has 0 radical (unpaired) electrons. The average molecular weight is 222 g/mol. The van der Waals surface area contributed by atoms with Gasteiger partial charge in [-0.1, -0.05) is 46.0 Å². The Kier molecular flexibility index (Phi) is 7.19. The van der Waals surface area contributed by atoms with Crippen molar-refractivity contribution in [1.29, 1.82) is 0 Å². The summed E-state index contributed by atoms with van der Waals surface area (Å²) in [6.07, 6.45) is 6.51. The van der Waals surface area contributed by atoms with Crippen LogP contribution in [0.1, 0.15) is 52.4 Å².